The molecule has 74 heavy (non-hydrogen) atoms. The molecule has 0 aliphatic carbocycles. The van der Waals surface area contributed by atoms with E-state index >= 15 is 0 Å². The van der Waals surface area contributed by atoms with Crippen LogP contribution in [-0.2, 0) is 32.3 Å². The van der Waals surface area contributed by atoms with Crippen molar-refractivity contribution < 1.29 is 29.1 Å². The quantitative estimate of drug-likeness (QED) is 0.0537. The van der Waals surface area contributed by atoms with Crippen LogP contribution in [0.25, 0.3) is 21.7 Å². The summed E-state index contributed by atoms with van der Waals surface area (Å²) in [6, 6.07) is 24.9. The van der Waals surface area contributed by atoms with Gasteiger partial charge in [-0.1, -0.05) is 63.2 Å². The number of hydrogen-bond acceptors (Lipinski definition) is 13. The zero-order valence-corrected chi connectivity index (χ0v) is 43.5. The van der Waals surface area contributed by atoms with Crippen LogP contribution in [-0.4, -0.2) is 120 Å². The number of carbonyl (C=O) groups excluding carboxylic acids is 5. The Morgan fingerprint density at radius 1 is 0.838 bits per heavy atom. The number of benzene rings is 3. The number of β-amino-alcohol motifs (C(OH)–C–C–N with tert-alkyl or cyclic N) is 1. The third kappa shape index (κ3) is 13.8. The number of thiazole rings is 1. The van der Waals surface area contributed by atoms with E-state index in [4.69, 9.17) is 0 Å². The van der Waals surface area contributed by atoms with E-state index in [9.17, 15) is 29.1 Å². The highest BCUT2D eigenvalue weighted by molar-refractivity contribution is 7.13. The number of hydrogen-bond donors (Lipinski definition) is 5. The van der Waals surface area contributed by atoms with Gasteiger partial charge < -0.3 is 36.2 Å². The molecule has 2 saturated heterocycles. The maximum absolute atomic E-state index is 14.1. The zero-order valence-electron chi connectivity index (χ0n) is 42.6. The molecule has 18 heteroatoms. The number of amides is 5. The molecule has 3 aromatic carbocycles. The van der Waals surface area contributed by atoms with Crippen molar-refractivity contribution in [3.63, 3.8) is 0 Å². The fourth-order valence-corrected chi connectivity index (χ4v) is 9.97. The number of nitrogens with zero attached hydrogens (tertiary/aromatic N) is 7. The number of pyridine rings is 1. The highest BCUT2D eigenvalue weighted by Gasteiger charge is 2.44. The van der Waals surface area contributed by atoms with Crippen LogP contribution in [0.1, 0.15) is 85.6 Å². The summed E-state index contributed by atoms with van der Waals surface area (Å²) in [5, 5.41) is 22.8. The largest absolute Gasteiger partial charge is 0.391 e. The Balaban J connectivity index is 0.737. The lowest BCUT2D eigenvalue weighted by Crippen LogP contribution is -2.57. The molecule has 2 aliphatic rings. The second-order valence-electron chi connectivity index (χ2n) is 20.1. The summed E-state index contributed by atoms with van der Waals surface area (Å²) in [6.07, 6.45) is 5.82. The van der Waals surface area contributed by atoms with Crippen LogP contribution < -0.4 is 21.3 Å². The molecule has 0 bridgehead atoms. The van der Waals surface area contributed by atoms with Gasteiger partial charge in [0.1, 0.15) is 12.1 Å². The smallest absolute Gasteiger partial charge is 0.255 e. The Bertz CT molecular complexity index is 2920. The molecule has 0 spiro atoms. The van der Waals surface area contributed by atoms with Gasteiger partial charge in [0.15, 0.2) is 0 Å². The Morgan fingerprint density at radius 3 is 2.28 bits per heavy atom. The number of carbonyl (C=O) groups is 5. The molecule has 2 unspecified atom stereocenters. The van der Waals surface area contributed by atoms with Crippen LogP contribution in [0.15, 0.2) is 109 Å². The lowest BCUT2D eigenvalue weighted by Gasteiger charge is -2.35. The molecule has 386 valence electrons. The van der Waals surface area contributed by atoms with Gasteiger partial charge in [0.2, 0.25) is 29.6 Å². The zero-order chi connectivity index (χ0) is 52.4. The number of aromatic nitrogens is 4. The average Bonchev–Trinajstić information content (AvgIpc) is 4.02. The van der Waals surface area contributed by atoms with Crippen molar-refractivity contribution in [3.8, 4) is 21.7 Å². The van der Waals surface area contributed by atoms with E-state index in [1.807, 2.05) is 130 Å². The summed E-state index contributed by atoms with van der Waals surface area (Å²) in [4.78, 5) is 91.6. The van der Waals surface area contributed by atoms with Gasteiger partial charge >= 0.3 is 0 Å². The molecule has 2 fully saturated rings. The maximum Gasteiger partial charge on any atom is 0.255 e. The van der Waals surface area contributed by atoms with Crippen LogP contribution in [0.2, 0.25) is 0 Å². The minimum Gasteiger partial charge on any atom is -0.391 e. The van der Waals surface area contributed by atoms with Gasteiger partial charge in [-0.05, 0) is 96.8 Å². The molecule has 6 aromatic rings. The molecule has 3 aromatic heterocycles. The Morgan fingerprint density at radius 2 is 1.58 bits per heavy atom. The van der Waals surface area contributed by atoms with E-state index in [1.165, 1.54) is 4.90 Å². The number of aliphatic hydroxyl groups is 1. The lowest BCUT2D eigenvalue weighted by molar-refractivity contribution is -0.144. The predicted octanol–water partition coefficient (Wildman–Crippen LogP) is 7.29. The Kier molecular flexibility index (Phi) is 17.2. The monoisotopic (exact) mass is 1020 g/mol. The summed E-state index contributed by atoms with van der Waals surface area (Å²) >= 11 is 1.57. The third-order valence-electron chi connectivity index (χ3n) is 13.5. The molecule has 5 heterocycles. The summed E-state index contributed by atoms with van der Waals surface area (Å²) in [7, 11) is 0. The number of nitrogens with one attached hydrogen (secondary N) is 4. The molecule has 0 saturated carbocycles. The predicted molar refractivity (Wildman–Crippen MR) is 286 cm³/mol. The van der Waals surface area contributed by atoms with E-state index < -0.39 is 29.5 Å². The minimum absolute atomic E-state index is 0.00880. The molecular weight excluding hydrogens is 955 g/mol. The number of likely N-dealkylation sites (tertiary alicyclic amines) is 1. The number of anilines is 3. The lowest BCUT2D eigenvalue weighted by atomic mass is 9.85. The fourth-order valence-electron chi connectivity index (χ4n) is 9.16. The van der Waals surface area contributed by atoms with Gasteiger partial charge in [0, 0.05) is 106 Å². The molecule has 5 N–H and O–H groups in total. The first kappa shape index (κ1) is 52.9. The molecule has 5 amide bonds. The molecule has 8 rings (SSSR count). The summed E-state index contributed by atoms with van der Waals surface area (Å²) in [6.45, 7) is 13.0. The van der Waals surface area contributed by atoms with Crippen LogP contribution in [0, 0.1) is 19.3 Å². The van der Waals surface area contributed by atoms with Crippen molar-refractivity contribution in [1.29, 1.82) is 0 Å². The number of rotatable bonds is 18. The number of piperazine rings is 1. The highest BCUT2D eigenvalue weighted by Crippen LogP contribution is 2.30. The fraction of sp³-hybridized carbons (Fsp3) is 0.375. The maximum atomic E-state index is 14.1. The first-order chi connectivity index (χ1) is 35.6. The number of unbranched alkanes of at least 4 members (excludes halogenated alkanes) is 1. The van der Waals surface area contributed by atoms with E-state index in [0.717, 1.165) is 49.8 Å². The minimum atomic E-state index is -0.930. The van der Waals surface area contributed by atoms with Gasteiger partial charge in [-0.2, -0.15) is 0 Å². The van der Waals surface area contributed by atoms with Gasteiger partial charge in [0.05, 0.1) is 27.9 Å². The van der Waals surface area contributed by atoms with Crippen LogP contribution in [0.5, 0.6) is 0 Å². The van der Waals surface area contributed by atoms with Gasteiger partial charge in [-0.25, -0.2) is 15.0 Å². The topological polar surface area (TPSA) is 215 Å². The Hall–Kier alpha value is -7.41. The number of aliphatic hydroxyl groups excluding tert-OH is 1. The molecule has 17 nitrogen and oxygen atoms in total. The average molecular weight is 1020 g/mol. The molecule has 3 atom stereocenters. The standard InChI is InChI=1S/C56H65N11O6S/c1-36-12-21-43(29-46(36)63-55-58-24-22-45(62-55)42-9-8-23-57-32-42)61-52(71)41-19-15-39(16-20-41)33-65-25-27-66(28-26-65)49(70)11-7-6-10-48(69)64-51(56(3,4)5)54(73)67-34-44(68)30-47(67)53(72)59-31-38-13-17-40(18-14-38)50-37(2)60-35-74-50/h8-9,12-24,29,32,35,44,47,51,68H,6-7,10-11,25-28,30-31,33-34H2,1-5H3,(H,59,72)(H,61,71)(H,64,69)(H,58,62,63)/t44?,47?,51-/m1/s1. The van der Waals surface area contributed by atoms with Gasteiger partial charge in [-0.3, -0.25) is 33.9 Å². The van der Waals surface area contributed by atoms with Crippen molar-refractivity contribution in [2.75, 3.05) is 43.4 Å². The van der Waals surface area contributed by atoms with Crippen LogP contribution in [0.3, 0.4) is 0 Å². The van der Waals surface area contributed by atoms with E-state index in [1.54, 1.807) is 29.9 Å². The SMILES string of the molecule is Cc1ccc(NC(=O)c2ccc(CN3CCN(C(=O)CCCCC(=O)N[C@H](C(=O)N4CC(O)CC4C(=O)NCc4ccc(-c5scnc5C)cc4)C(C)(C)C)CC3)cc2)cc1Nc1nccc(-c2cccnc2)n1. The first-order valence-electron chi connectivity index (χ1n) is 25.1. The Labute approximate surface area is 436 Å². The van der Waals surface area contributed by atoms with Crippen molar-refractivity contribution in [2.24, 2.45) is 5.41 Å². The second kappa shape index (κ2) is 24.1. The van der Waals surface area contributed by atoms with Crippen molar-refractivity contribution in [1.82, 2.24) is 45.3 Å². The van der Waals surface area contributed by atoms with Gasteiger partial charge in [-0.15, -0.1) is 11.3 Å². The van der Waals surface area contributed by atoms with Crippen molar-refractivity contribution in [2.45, 2.75) is 98.0 Å². The normalized spacial score (nSPS) is 16.4. The van der Waals surface area contributed by atoms with E-state index in [-0.39, 0.29) is 49.6 Å². The first-order valence-corrected chi connectivity index (χ1v) is 26.0. The second-order valence-corrected chi connectivity index (χ2v) is 21.0. The number of aryl methyl sites for hydroxylation is 2. The van der Waals surface area contributed by atoms with E-state index in [0.29, 0.717) is 69.2 Å². The van der Waals surface area contributed by atoms with Gasteiger partial charge in [0.25, 0.3) is 5.91 Å². The summed E-state index contributed by atoms with van der Waals surface area (Å²) < 4.78 is 0. The van der Waals surface area contributed by atoms with E-state index in [2.05, 4.69) is 46.1 Å². The molecule has 2 aliphatic heterocycles. The third-order valence-corrected chi connectivity index (χ3v) is 14.4. The molecular formula is C56H65N11O6S. The van der Waals surface area contributed by atoms with Crippen molar-refractivity contribution in [3.05, 3.63) is 137 Å². The summed E-state index contributed by atoms with van der Waals surface area (Å²) in [5.41, 5.74) is 9.60. The van der Waals surface area contributed by atoms with Crippen molar-refractivity contribution >= 4 is 58.2 Å². The van der Waals surface area contributed by atoms with Crippen LogP contribution >= 0.6 is 11.3 Å². The van der Waals surface area contributed by atoms with Crippen LogP contribution in [0.4, 0.5) is 17.3 Å². The highest BCUT2D eigenvalue weighted by atomic mass is 32.1. The summed E-state index contributed by atoms with van der Waals surface area (Å²) in [5.74, 6) is -0.849. The molecule has 0 radical (unpaired) electrons.